The SMILES string of the molecule is CN(CCCBr)C(=O)c1cccc(S(C)(=O)=O)c1. The zero-order valence-electron chi connectivity index (χ0n) is 10.4. The first kappa shape index (κ1) is 15.2. The lowest BCUT2D eigenvalue weighted by Crippen LogP contribution is -2.28. The van der Waals surface area contributed by atoms with E-state index in [2.05, 4.69) is 15.9 Å². The third-order valence-corrected chi connectivity index (χ3v) is 4.15. The second kappa shape index (κ2) is 6.33. The van der Waals surface area contributed by atoms with Crippen molar-refractivity contribution in [1.29, 1.82) is 0 Å². The Labute approximate surface area is 116 Å². The summed E-state index contributed by atoms with van der Waals surface area (Å²) in [6, 6.07) is 6.12. The molecular formula is C12H16BrNO3S. The van der Waals surface area contributed by atoms with Gasteiger partial charge in [-0.05, 0) is 24.6 Å². The Morgan fingerprint density at radius 3 is 2.61 bits per heavy atom. The van der Waals surface area contributed by atoms with Crippen LogP contribution in [-0.2, 0) is 9.84 Å². The normalized spacial score (nSPS) is 11.3. The molecule has 0 saturated heterocycles. The largest absolute Gasteiger partial charge is 0.342 e. The molecular weight excluding hydrogens is 318 g/mol. The summed E-state index contributed by atoms with van der Waals surface area (Å²) in [4.78, 5) is 13.8. The van der Waals surface area contributed by atoms with E-state index >= 15 is 0 Å². The van der Waals surface area contributed by atoms with E-state index in [1.54, 1.807) is 24.1 Å². The number of rotatable bonds is 5. The highest BCUT2D eigenvalue weighted by Crippen LogP contribution is 2.13. The molecule has 0 radical (unpaired) electrons. The maximum Gasteiger partial charge on any atom is 0.253 e. The van der Waals surface area contributed by atoms with Gasteiger partial charge < -0.3 is 4.90 Å². The molecule has 1 aromatic rings. The Morgan fingerprint density at radius 2 is 2.06 bits per heavy atom. The van der Waals surface area contributed by atoms with E-state index in [0.717, 1.165) is 18.0 Å². The van der Waals surface area contributed by atoms with Gasteiger partial charge >= 0.3 is 0 Å². The second-order valence-electron chi connectivity index (χ2n) is 4.07. The monoisotopic (exact) mass is 333 g/mol. The number of sulfone groups is 1. The summed E-state index contributed by atoms with van der Waals surface area (Å²) >= 11 is 3.30. The Morgan fingerprint density at radius 1 is 1.39 bits per heavy atom. The van der Waals surface area contributed by atoms with Gasteiger partial charge in [0.25, 0.3) is 5.91 Å². The maximum atomic E-state index is 12.0. The summed E-state index contributed by atoms with van der Waals surface area (Å²) in [6.07, 6.45) is 1.99. The Hall–Kier alpha value is -0.880. The van der Waals surface area contributed by atoms with E-state index in [1.165, 1.54) is 12.1 Å². The smallest absolute Gasteiger partial charge is 0.253 e. The van der Waals surface area contributed by atoms with Crippen LogP contribution < -0.4 is 0 Å². The molecule has 1 rings (SSSR count). The molecule has 6 heteroatoms. The quantitative estimate of drug-likeness (QED) is 0.774. The fraction of sp³-hybridized carbons (Fsp3) is 0.417. The molecule has 100 valence electrons. The number of halogens is 1. The number of amides is 1. The molecule has 1 amide bonds. The average Bonchev–Trinajstić information content (AvgIpc) is 2.34. The molecule has 0 heterocycles. The molecule has 0 aliphatic rings. The molecule has 0 aliphatic carbocycles. The zero-order chi connectivity index (χ0) is 13.8. The average molecular weight is 334 g/mol. The lowest BCUT2D eigenvalue weighted by molar-refractivity contribution is 0.0795. The van der Waals surface area contributed by atoms with Crippen molar-refractivity contribution in [1.82, 2.24) is 4.90 Å². The number of alkyl halides is 1. The third kappa shape index (κ3) is 4.10. The lowest BCUT2D eigenvalue weighted by atomic mass is 10.2. The van der Waals surface area contributed by atoms with Crippen molar-refractivity contribution in [3.8, 4) is 0 Å². The first-order valence-electron chi connectivity index (χ1n) is 5.48. The van der Waals surface area contributed by atoms with Gasteiger partial charge in [-0.2, -0.15) is 0 Å². The van der Waals surface area contributed by atoms with Gasteiger partial charge in [0.15, 0.2) is 9.84 Å². The van der Waals surface area contributed by atoms with Gasteiger partial charge in [-0.3, -0.25) is 4.79 Å². The first-order chi connectivity index (χ1) is 8.36. The van der Waals surface area contributed by atoms with Crippen LogP contribution in [0.4, 0.5) is 0 Å². The third-order valence-electron chi connectivity index (χ3n) is 2.48. The predicted molar refractivity (Wildman–Crippen MR) is 74.9 cm³/mol. The molecule has 1 aromatic carbocycles. The van der Waals surface area contributed by atoms with Gasteiger partial charge in [-0.1, -0.05) is 22.0 Å². The van der Waals surface area contributed by atoms with E-state index in [0.29, 0.717) is 12.1 Å². The molecule has 0 N–H and O–H groups in total. The van der Waals surface area contributed by atoms with Gasteiger partial charge in [0.2, 0.25) is 0 Å². The summed E-state index contributed by atoms with van der Waals surface area (Å²) in [6.45, 7) is 0.632. The summed E-state index contributed by atoms with van der Waals surface area (Å²) in [5.41, 5.74) is 0.398. The Balaban J connectivity index is 2.93. The Kier molecular flexibility index (Phi) is 5.34. The molecule has 0 spiro atoms. The van der Waals surface area contributed by atoms with E-state index in [-0.39, 0.29) is 10.8 Å². The van der Waals surface area contributed by atoms with Crippen LogP contribution in [0.25, 0.3) is 0 Å². The molecule has 4 nitrogen and oxygen atoms in total. The van der Waals surface area contributed by atoms with Crippen LogP contribution in [0.2, 0.25) is 0 Å². The van der Waals surface area contributed by atoms with Gasteiger partial charge in [0, 0.05) is 30.7 Å². The number of hydrogen-bond acceptors (Lipinski definition) is 3. The second-order valence-corrected chi connectivity index (χ2v) is 6.88. The molecule has 18 heavy (non-hydrogen) atoms. The van der Waals surface area contributed by atoms with Crippen molar-refractivity contribution >= 4 is 31.7 Å². The van der Waals surface area contributed by atoms with E-state index < -0.39 is 9.84 Å². The van der Waals surface area contributed by atoms with Crippen LogP contribution in [0.15, 0.2) is 29.2 Å². The van der Waals surface area contributed by atoms with Crippen LogP contribution >= 0.6 is 15.9 Å². The van der Waals surface area contributed by atoms with Crippen molar-refractivity contribution in [2.45, 2.75) is 11.3 Å². The van der Waals surface area contributed by atoms with Crippen LogP contribution in [-0.4, -0.2) is 44.4 Å². The maximum absolute atomic E-state index is 12.0. The minimum absolute atomic E-state index is 0.165. The number of nitrogens with zero attached hydrogens (tertiary/aromatic N) is 1. The standard InChI is InChI=1S/C12H16BrNO3S/c1-14(8-4-7-13)12(15)10-5-3-6-11(9-10)18(2,16)17/h3,5-6,9H,4,7-8H2,1-2H3. The highest BCUT2D eigenvalue weighted by molar-refractivity contribution is 9.09. The minimum Gasteiger partial charge on any atom is -0.342 e. The van der Waals surface area contributed by atoms with Gasteiger partial charge in [0.1, 0.15) is 0 Å². The van der Waals surface area contributed by atoms with E-state index in [1.807, 2.05) is 0 Å². The number of carbonyl (C=O) groups excluding carboxylic acids is 1. The molecule has 0 bridgehead atoms. The van der Waals surface area contributed by atoms with Gasteiger partial charge in [-0.25, -0.2) is 8.42 Å². The zero-order valence-corrected chi connectivity index (χ0v) is 12.8. The predicted octanol–water partition coefficient (Wildman–Crippen LogP) is 1.95. The molecule has 0 fully saturated rings. The van der Waals surface area contributed by atoms with Crippen molar-refractivity contribution < 1.29 is 13.2 Å². The number of hydrogen-bond donors (Lipinski definition) is 0. The minimum atomic E-state index is -3.28. The Bertz CT molecular complexity index is 528. The molecule has 0 atom stereocenters. The van der Waals surface area contributed by atoms with Gasteiger partial charge in [0.05, 0.1) is 4.90 Å². The highest BCUT2D eigenvalue weighted by Gasteiger charge is 2.14. The van der Waals surface area contributed by atoms with Crippen LogP contribution in [0.5, 0.6) is 0 Å². The van der Waals surface area contributed by atoms with Crippen LogP contribution in [0.1, 0.15) is 16.8 Å². The first-order valence-corrected chi connectivity index (χ1v) is 8.49. The molecule has 0 unspecified atom stereocenters. The van der Waals surface area contributed by atoms with Crippen molar-refractivity contribution in [2.75, 3.05) is 25.2 Å². The lowest BCUT2D eigenvalue weighted by Gasteiger charge is -2.16. The summed E-state index contributed by atoms with van der Waals surface area (Å²) < 4.78 is 22.8. The van der Waals surface area contributed by atoms with Crippen LogP contribution in [0.3, 0.4) is 0 Å². The number of carbonyl (C=O) groups is 1. The summed E-state index contributed by atoms with van der Waals surface area (Å²) in [5, 5.41) is 0.827. The fourth-order valence-corrected chi connectivity index (χ4v) is 2.40. The van der Waals surface area contributed by atoms with E-state index in [4.69, 9.17) is 0 Å². The molecule has 0 aromatic heterocycles. The number of benzene rings is 1. The highest BCUT2D eigenvalue weighted by atomic mass is 79.9. The van der Waals surface area contributed by atoms with Gasteiger partial charge in [-0.15, -0.1) is 0 Å². The fourth-order valence-electron chi connectivity index (χ4n) is 1.48. The molecule has 0 saturated carbocycles. The topological polar surface area (TPSA) is 54.5 Å². The van der Waals surface area contributed by atoms with Crippen molar-refractivity contribution in [3.05, 3.63) is 29.8 Å². The molecule has 0 aliphatic heterocycles. The van der Waals surface area contributed by atoms with Crippen LogP contribution in [0, 0.1) is 0 Å². The van der Waals surface area contributed by atoms with Crippen molar-refractivity contribution in [2.24, 2.45) is 0 Å². The summed E-state index contributed by atoms with van der Waals surface area (Å²) in [5.74, 6) is -0.165. The van der Waals surface area contributed by atoms with E-state index in [9.17, 15) is 13.2 Å². The van der Waals surface area contributed by atoms with Crippen molar-refractivity contribution in [3.63, 3.8) is 0 Å². The summed E-state index contributed by atoms with van der Waals surface area (Å²) in [7, 11) is -1.57.